The summed E-state index contributed by atoms with van der Waals surface area (Å²) in [6.07, 6.45) is 1.01. The molecule has 3 rings (SSSR count). The molecule has 4 heteroatoms. The number of hydrogen-bond acceptors (Lipinski definition) is 4. The minimum atomic E-state index is 0.0583. The molecule has 2 aromatic carbocycles. The molecule has 0 saturated carbocycles. The summed E-state index contributed by atoms with van der Waals surface area (Å²) >= 11 is 1.92. The third kappa shape index (κ3) is 3.94. The molecular weight excluding hydrogens is 320 g/mol. The Hall–Kier alpha value is -1.49. The highest BCUT2D eigenvalue weighted by molar-refractivity contribution is 7.99. The number of fused-ring (bicyclic) bond motifs is 1. The predicted molar refractivity (Wildman–Crippen MR) is 99.0 cm³/mol. The predicted octanol–water partition coefficient (Wildman–Crippen LogP) is 3.82. The summed E-state index contributed by atoms with van der Waals surface area (Å²) in [7, 11) is 1.73. The molecule has 0 aliphatic carbocycles. The van der Waals surface area contributed by atoms with Crippen molar-refractivity contribution in [2.75, 3.05) is 32.7 Å². The highest BCUT2D eigenvalue weighted by Gasteiger charge is 2.28. The molecular formula is C20H24O3S. The van der Waals surface area contributed by atoms with Gasteiger partial charge in [-0.25, -0.2) is 0 Å². The molecule has 24 heavy (non-hydrogen) atoms. The van der Waals surface area contributed by atoms with Crippen LogP contribution in [0.15, 0.2) is 48.5 Å². The van der Waals surface area contributed by atoms with Crippen molar-refractivity contribution in [1.29, 1.82) is 0 Å². The smallest absolute Gasteiger partial charge is 0.123 e. The van der Waals surface area contributed by atoms with E-state index in [-0.39, 0.29) is 11.9 Å². The van der Waals surface area contributed by atoms with Crippen LogP contribution in [0.1, 0.15) is 27.9 Å². The lowest BCUT2D eigenvalue weighted by Crippen LogP contribution is -2.10. The van der Waals surface area contributed by atoms with Crippen molar-refractivity contribution in [2.24, 2.45) is 0 Å². The summed E-state index contributed by atoms with van der Waals surface area (Å²) in [6, 6.07) is 17.0. The van der Waals surface area contributed by atoms with Gasteiger partial charge in [-0.05, 0) is 29.5 Å². The van der Waals surface area contributed by atoms with Gasteiger partial charge in [-0.2, -0.15) is 11.8 Å². The second kappa shape index (κ2) is 8.56. The summed E-state index contributed by atoms with van der Waals surface area (Å²) in [5, 5.41) is 9.21. The minimum absolute atomic E-state index is 0.0583. The van der Waals surface area contributed by atoms with Gasteiger partial charge in [-0.15, -0.1) is 0 Å². The summed E-state index contributed by atoms with van der Waals surface area (Å²) in [5.41, 5.74) is 3.97. The van der Waals surface area contributed by atoms with Gasteiger partial charge in [0.25, 0.3) is 0 Å². The fourth-order valence-corrected chi connectivity index (χ4v) is 4.68. The van der Waals surface area contributed by atoms with Crippen LogP contribution in [0.25, 0.3) is 0 Å². The average Bonchev–Trinajstić information content (AvgIpc) is 2.82. The van der Waals surface area contributed by atoms with E-state index in [4.69, 9.17) is 14.6 Å². The van der Waals surface area contributed by atoms with Gasteiger partial charge in [-0.3, -0.25) is 0 Å². The normalized spacial score (nSPS) is 20.2. The van der Waals surface area contributed by atoms with Crippen LogP contribution in [0.2, 0.25) is 0 Å². The zero-order valence-corrected chi connectivity index (χ0v) is 14.8. The molecule has 0 aromatic heterocycles. The minimum Gasteiger partial charge on any atom is -0.496 e. The van der Waals surface area contributed by atoms with E-state index in [1.807, 2.05) is 17.8 Å². The zero-order chi connectivity index (χ0) is 16.8. The molecule has 0 spiro atoms. The second-order valence-corrected chi connectivity index (χ2v) is 7.20. The molecule has 2 aromatic rings. The molecule has 0 saturated heterocycles. The van der Waals surface area contributed by atoms with Crippen LogP contribution in [-0.2, 0) is 11.2 Å². The van der Waals surface area contributed by atoms with Crippen molar-refractivity contribution < 1.29 is 14.6 Å². The molecule has 3 nitrogen and oxygen atoms in total. The highest BCUT2D eigenvalue weighted by atomic mass is 32.2. The van der Waals surface area contributed by atoms with Gasteiger partial charge in [0.05, 0.1) is 32.2 Å². The Morgan fingerprint density at radius 3 is 2.71 bits per heavy atom. The Balaban J connectivity index is 1.90. The summed E-state index contributed by atoms with van der Waals surface area (Å²) in [4.78, 5) is 0. The molecule has 0 fully saturated rings. The summed E-state index contributed by atoms with van der Waals surface area (Å²) in [5.74, 6) is 2.48. The van der Waals surface area contributed by atoms with Crippen LogP contribution in [-0.4, -0.2) is 37.8 Å². The maximum atomic E-state index is 8.98. The van der Waals surface area contributed by atoms with Crippen molar-refractivity contribution in [3.8, 4) is 5.75 Å². The zero-order valence-electron chi connectivity index (χ0n) is 14.0. The van der Waals surface area contributed by atoms with E-state index in [2.05, 4.69) is 42.5 Å². The van der Waals surface area contributed by atoms with Crippen LogP contribution in [0, 0.1) is 0 Å². The van der Waals surface area contributed by atoms with Crippen molar-refractivity contribution >= 4 is 11.8 Å². The fourth-order valence-electron chi connectivity index (χ4n) is 3.28. The molecule has 1 heterocycles. The summed E-state index contributed by atoms with van der Waals surface area (Å²) < 4.78 is 11.3. The molecule has 1 aliphatic heterocycles. The van der Waals surface area contributed by atoms with Crippen molar-refractivity contribution in [3.63, 3.8) is 0 Å². The molecule has 0 bridgehead atoms. The van der Waals surface area contributed by atoms with E-state index in [0.29, 0.717) is 19.1 Å². The Kier molecular flexibility index (Phi) is 6.18. The maximum Gasteiger partial charge on any atom is 0.123 e. The maximum absolute atomic E-state index is 8.98. The quantitative estimate of drug-likeness (QED) is 0.809. The topological polar surface area (TPSA) is 38.7 Å². The van der Waals surface area contributed by atoms with Gasteiger partial charge < -0.3 is 14.6 Å². The average molecular weight is 344 g/mol. The first kappa shape index (κ1) is 17.3. The van der Waals surface area contributed by atoms with Crippen LogP contribution >= 0.6 is 11.8 Å². The number of aliphatic hydroxyl groups is 1. The first-order valence-corrected chi connectivity index (χ1v) is 9.39. The molecule has 2 atom stereocenters. The standard InChI is InChI=1S/C20H24O3S/c1-22-18-9-5-8-16-12-17(15-6-3-2-4-7-15)14-24-19(20(16)18)13-23-11-10-21/h2-9,17,19,21H,10-14H2,1H3. The van der Waals surface area contributed by atoms with E-state index in [1.54, 1.807) is 7.11 Å². The summed E-state index contributed by atoms with van der Waals surface area (Å²) in [6.45, 7) is 1.03. The number of ether oxygens (including phenoxy) is 2. The Labute approximate surface area is 148 Å². The van der Waals surface area contributed by atoms with Crippen molar-refractivity contribution in [2.45, 2.75) is 17.6 Å². The largest absolute Gasteiger partial charge is 0.496 e. The number of thioether (sulfide) groups is 1. The molecule has 1 aliphatic rings. The van der Waals surface area contributed by atoms with Crippen LogP contribution < -0.4 is 4.74 Å². The van der Waals surface area contributed by atoms with Crippen LogP contribution in [0.5, 0.6) is 5.75 Å². The number of rotatable bonds is 6. The Morgan fingerprint density at radius 1 is 1.12 bits per heavy atom. The third-order valence-corrected chi connectivity index (χ3v) is 5.81. The third-order valence-electron chi connectivity index (χ3n) is 4.44. The molecule has 0 radical (unpaired) electrons. The van der Waals surface area contributed by atoms with E-state index in [9.17, 15) is 0 Å². The van der Waals surface area contributed by atoms with E-state index in [1.165, 1.54) is 16.7 Å². The van der Waals surface area contributed by atoms with Gasteiger partial charge in [-0.1, -0.05) is 42.5 Å². The molecule has 0 amide bonds. The number of aliphatic hydroxyl groups excluding tert-OH is 1. The van der Waals surface area contributed by atoms with Gasteiger partial charge in [0.2, 0.25) is 0 Å². The number of hydrogen-bond donors (Lipinski definition) is 1. The lowest BCUT2D eigenvalue weighted by Gasteiger charge is -2.20. The van der Waals surface area contributed by atoms with Crippen molar-refractivity contribution in [3.05, 3.63) is 65.2 Å². The van der Waals surface area contributed by atoms with Crippen LogP contribution in [0.4, 0.5) is 0 Å². The number of methoxy groups -OCH3 is 1. The highest BCUT2D eigenvalue weighted by Crippen LogP contribution is 2.44. The van der Waals surface area contributed by atoms with E-state index in [0.717, 1.165) is 17.9 Å². The van der Waals surface area contributed by atoms with Crippen molar-refractivity contribution in [1.82, 2.24) is 0 Å². The fraction of sp³-hybridized carbons (Fsp3) is 0.400. The first-order valence-electron chi connectivity index (χ1n) is 8.34. The number of benzene rings is 2. The van der Waals surface area contributed by atoms with Gasteiger partial charge in [0.1, 0.15) is 5.75 Å². The van der Waals surface area contributed by atoms with Gasteiger partial charge in [0, 0.05) is 11.3 Å². The van der Waals surface area contributed by atoms with E-state index < -0.39 is 0 Å². The lowest BCUT2D eigenvalue weighted by atomic mass is 9.90. The lowest BCUT2D eigenvalue weighted by molar-refractivity contribution is 0.0929. The molecule has 1 N–H and O–H groups in total. The van der Waals surface area contributed by atoms with Gasteiger partial charge >= 0.3 is 0 Å². The van der Waals surface area contributed by atoms with E-state index >= 15 is 0 Å². The molecule has 2 unspecified atom stereocenters. The molecule has 128 valence electrons. The first-order chi connectivity index (χ1) is 11.8. The van der Waals surface area contributed by atoms with Crippen LogP contribution in [0.3, 0.4) is 0 Å². The SMILES string of the molecule is COc1cccc2c1C(COCCO)SCC(c1ccccc1)C2. The monoisotopic (exact) mass is 344 g/mol. The second-order valence-electron chi connectivity index (χ2n) is 5.97. The Bertz CT molecular complexity index is 645. The Morgan fingerprint density at radius 2 is 1.96 bits per heavy atom. The van der Waals surface area contributed by atoms with Gasteiger partial charge in [0.15, 0.2) is 0 Å².